The Morgan fingerprint density at radius 3 is 2.71 bits per heavy atom. The van der Waals surface area contributed by atoms with Crippen molar-refractivity contribution in [3.8, 4) is 0 Å². The van der Waals surface area contributed by atoms with Crippen molar-refractivity contribution in [2.45, 2.75) is 58.1 Å². The lowest BCUT2D eigenvalue weighted by Gasteiger charge is -2.55. The smallest absolute Gasteiger partial charge is 0.317 e. The molecule has 2 amide bonds. The third-order valence-electron chi connectivity index (χ3n) is 5.75. The summed E-state index contributed by atoms with van der Waals surface area (Å²) in [6.45, 7) is 6.00. The molecule has 0 spiro atoms. The zero-order chi connectivity index (χ0) is 15.5. The Morgan fingerprint density at radius 1 is 1.43 bits per heavy atom. The number of aliphatic hydroxyl groups excluding tert-OH is 1. The number of carbonyl (C=O) groups excluding carboxylic acids is 1. The molecule has 5 nitrogen and oxygen atoms in total. The van der Waals surface area contributed by atoms with Gasteiger partial charge in [-0.25, -0.2) is 4.79 Å². The molecule has 1 aliphatic carbocycles. The van der Waals surface area contributed by atoms with Crippen molar-refractivity contribution in [3.63, 3.8) is 0 Å². The fourth-order valence-corrected chi connectivity index (χ4v) is 4.12. The number of amides is 2. The van der Waals surface area contributed by atoms with Gasteiger partial charge < -0.3 is 20.1 Å². The highest BCUT2D eigenvalue weighted by Gasteiger charge is 2.53. The van der Waals surface area contributed by atoms with Gasteiger partial charge >= 0.3 is 6.03 Å². The number of hydrogen-bond donors (Lipinski definition) is 2. The van der Waals surface area contributed by atoms with E-state index in [9.17, 15) is 9.90 Å². The minimum atomic E-state index is 0.0268. The molecule has 2 N–H and O–H groups in total. The fraction of sp³-hybridized carbons (Fsp3) is 0.938. The van der Waals surface area contributed by atoms with Gasteiger partial charge in [-0.2, -0.15) is 0 Å². The Morgan fingerprint density at radius 2 is 2.14 bits per heavy atom. The van der Waals surface area contributed by atoms with E-state index in [1.165, 1.54) is 0 Å². The van der Waals surface area contributed by atoms with E-state index in [1.54, 1.807) is 7.11 Å². The second kappa shape index (κ2) is 6.97. The van der Waals surface area contributed by atoms with Crippen molar-refractivity contribution >= 4 is 6.03 Å². The predicted octanol–water partition coefficient (Wildman–Crippen LogP) is 1.99. The maximum atomic E-state index is 12.5. The van der Waals surface area contributed by atoms with E-state index in [2.05, 4.69) is 19.2 Å². The molecule has 1 saturated carbocycles. The van der Waals surface area contributed by atoms with Gasteiger partial charge in [0.1, 0.15) is 0 Å². The number of rotatable bonds is 5. The molecule has 2 aliphatic rings. The molecule has 0 aromatic heterocycles. The average molecular weight is 298 g/mol. The zero-order valence-corrected chi connectivity index (χ0v) is 13.6. The number of nitrogens with one attached hydrogen (secondary N) is 1. The van der Waals surface area contributed by atoms with Crippen molar-refractivity contribution in [1.82, 2.24) is 10.2 Å². The average Bonchev–Trinajstić information content (AvgIpc) is 2.52. The van der Waals surface area contributed by atoms with E-state index in [4.69, 9.17) is 4.74 Å². The molecular formula is C16H30N2O3. The molecule has 1 saturated heterocycles. The lowest BCUT2D eigenvalue weighted by Crippen LogP contribution is -2.65. The van der Waals surface area contributed by atoms with E-state index in [0.29, 0.717) is 6.54 Å². The summed E-state index contributed by atoms with van der Waals surface area (Å²) < 4.78 is 5.58. The Balaban J connectivity index is 1.93. The number of ether oxygens (including phenoxy) is 1. The fourth-order valence-electron chi connectivity index (χ4n) is 4.12. The van der Waals surface area contributed by atoms with E-state index < -0.39 is 0 Å². The molecule has 3 atom stereocenters. The van der Waals surface area contributed by atoms with Crippen LogP contribution in [0.15, 0.2) is 0 Å². The molecule has 0 unspecified atom stereocenters. The van der Waals surface area contributed by atoms with Gasteiger partial charge in [0, 0.05) is 38.3 Å². The van der Waals surface area contributed by atoms with Crippen molar-refractivity contribution in [2.75, 3.05) is 26.8 Å². The van der Waals surface area contributed by atoms with Gasteiger partial charge in [0.2, 0.25) is 0 Å². The van der Waals surface area contributed by atoms with Crippen LogP contribution in [0, 0.1) is 11.3 Å². The van der Waals surface area contributed by atoms with Gasteiger partial charge in [0.25, 0.3) is 0 Å². The van der Waals surface area contributed by atoms with Crippen molar-refractivity contribution < 1.29 is 14.6 Å². The van der Waals surface area contributed by atoms with Gasteiger partial charge in [0.15, 0.2) is 0 Å². The van der Waals surface area contributed by atoms with Crippen LogP contribution in [0.5, 0.6) is 0 Å². The molecule has 5 heteroatoms. The molecule has 0 bridgehead atoms. The number of urea groups is 1. The first-order valence-corrected chi connectivity index (χ1v) is 8.30. The Hall–Kier alpha value is -0.810. The summed E-state index contributed by atoms with van der Waals surface area (Å²) in [5, 5.41) is 12.5. The van der Waals surface area contributed by atoms with Crippen molar-refractivity contribution in [1.29, 1.82) is 0 Å². The Labute approximate surface area is 128 Å². The van der Waals surface area contributed by atoms with Crippen LogP contribution < -0.4 is 5.32 Å². The molecule has 21 heavy (non-hydrogen) atoms. The summed E-state index contributed by atoms with van der Waals surface area (Å²) in [7, 11) is 1.76. The van der Waals surface area contributed by atoms with Crippen LogP contribution in [0.4, 0.5) is 4.79 Å². The summed E-state index contributed by atoms with van der Waals surface area (Å²) >= 11 is 0. The minimum absolute atomic E-state index is 0.0268. The van der Waals surface area contributed by atoms with Crippen LogP contribution in [0.3, 0.4) is 0 Å². The molecule has 0 aromatic rings. The van der Waals surface area contributed by atoms with Crippen molar-refractivity contribution in [2.24, 2.45) is 11.3 Å². The number of likely N-dealkylation sites (tertiary alicyclic amines) is 1. The second-order valence-electron chi connectivity index (χ2n) is 6.54. The molecule has 0 radical (unpaired) electrons. The quantitative estimate of drug-likeness (QED) is 0.816. The molecule has 2 rings (SSSR count). The SMILES string of the molecule is CCC1(CC)[C@@H](OC)C[C@H]1NC(=O)N1CCC[C@H](CO)C1. The first kappa shape index (κ1) is 16.6. The van der Waals surface area contributed by atoms with Gasteiger partial charge in [-0.3, -0.25) is 0 Å². The molecule has 122 valence electrons. The first-order chi connectivity index (χ1) is 10.1. The maximum absolute atomic E-state index is 12.5. The summed E-state index contributed by atoms with van der Waals surface area (Å²) in [4.78, 5) is 14.3. The predicted molar refractivity (Wildman–Crippen MR) is 82.1 cm³/mol. The number of hydrogen-bond acceptors (Lipinski definition) is 3. The monoisotopic (exact) mass is 298 g/mol. The Kier molecular flexibility index (Phi) is 5.49. The zero-order valence-electron chi connectivity index (χ0n) is 13.6. The normalized spacial score (nSPS) is 31.6. The van der Waals surface area contributed by atoms with Gasteiger partial charge in [0.05, 0.1) is 6.10 Å². The summed E-state index contributed by atoms with van der Waals surface area (Å²) in [5.41, 5.74) is 0.0799. The first-order valence-electron chi connectivity index (χ1n) is 8.30. The minimum Gasteiger partial charge on any atom is -0.396 e. The van der Waals surface area contributed by atoms with Crippen LogP contribution in [0.25, 0.3) is 0 Å². The van der Waals surface area contributed by atoms with Crippen LogP contribution in [-0.2, 0) is 4.74 Å². The Bertz CT molecular complexity index is 357. The summed E-state index contributed by atoms with van der Waals surface area (Å²) in [6, 6.07) is 0.235. The van der Waals surface area contributed by atoms with Gasteiger partial charge in [-0.05, 0) is 38.0 Å². The standard InChI is InChI=1S/C16H30N2O3/c1-4-16(5-2)13(9-14(16)21-3)17-15(20)18-8-6-7-12(10-18)11-19/h12-14,19H,4-11H2,1-3H3,(H,17,20)/t12-,13+,14-/m0/s1. The lowest BCUT2D eigenvalue weighted by molar-refractivity contribution is -0.120. The van der Waals surface area contributed by atoms with E-state index in [1.807, 2.05) is 4.90 Å². The van der Waals surface area contributed by atoms with Gasteiger partial charge in [-0.1, -0.05) is 13.8 Å². The largest absolute Gasteiger partial charge is 0.396 e. The van der Waals surface area contributed by atoms with Gasteiger partial charge in [-0.15, -0.1) is 0 Å². The summed E-state index contributed by atoms with van der Waals surface area (Å²) in [5.74, 6) is 0.236. The number of nitrogens with zero attached hydrogens (tertiary/aromatic N) is 1. The molecule has 0 aromatic carbocycles. The van der Waals surface area contributed by atoms with Crippen LogP contribution in [-0.4, -0.2) is 55.0 Å². The topological polar surface area (TPSA) is 61.8 Å². The van der Waals surface area contributed by atoms with Crippen LogP contribution in [0.2, 0.25) is 0 Å². The molecule has 1 aliphatic heterocycles. The van der Waals surface area contributed by atoms with Crippen LogP contribution >= 0.6 is 0 Å². The van der Waals surface area contributed by atoms with E-state index >= 15 is 0 Å². The molecule has 2 fully saturated rings. The second-order valence-corrected chi connectivity index (χ2v) is 6.54. The van der Waals surface area contributed by atoms with E-state index in [-0.39, 0.29) is 36.1 Å². The van der Waals surface area contributed by atoms with E-state index in [0.717, 1.165) is 38.6 Å². The highest BCUT2D eigenvalue weighted by atomic mass is 16.5. The maximum Gasteiger partial charge on any atom is 0.317 e. The lowest BCUT2D eigenvalue weighted by atomic mass is 9.58. The third-order valence-corrected chi connectivity index (χ3v) is 5.75. The summed E-state index contributed by atoms with van der Waals surface area (Å²) in [6.07, 6.45) is 5.20. The number of carbonyl (C=O) groups is 1. The highest BCUT2D eigenvalue weighted by molar-refractivity contribution is 5.75. The molecule has 1 heterocycles. The third kappa shape index (κ3) is 3.04. The molecular weight excluding hydrogens is 268 g/mol. The highest BCUT2D eigenvalue weighted by Crippen LogP contribution is 2.48. The number of piperidine rings is 1. The number of aliphatic hydroxyl groups is 1. The van der Waals surface area contributed by atoms with Crippen molar-refractivity contribution in [3.05, 3.63) is 0 Å². The van der Waals surface area contributed by atoms with Crippen LogP contribution in [0.1, 0.15) is 46.0 Å². The number of methoxy groups -OCH3 is 1.